The van der Waals surface area contributed by atoms with Crippen molar-refractivity contribution in [2.45, 2.75) is 0 Å². The summed E-state index contributed by atoms with van der Waals surface area (Å²) in [5, 5.41) is 9.89. The molecule has 0 saturated carbocycles. The number of hydrogen-bond acceptors (Lipinski definition) is 3. The number of aromatic nitrogens is 1. The van der Waals surface area contributed by atoms with Crippen molar-refractivity contribution >= 4 is 40.6 Å². The van der Waals surface area contributed by atoms with E-state index in [9.17, 15) is 0 Å². The van der Waals surface area contributed by atoms with Crippen molar-refractivity contribution in [2.75, 3.05) is 5.73 Å². The third kappa shape index (κ3) is 2.37. The molecule has 0 unspecified atom stereocenters. The summed E-state index contributed by atoms with van der Waals surface area (Å²) in [6.07, 6.45) is 0. The van der Waals surface area contributed by atoms with Gasteiger partial charge in [-0.05, 0) is 24.3 Å². The van der Waals surface area contributed by atoms with Gasteiger partial charge in [-0.1, -0.05) is 34.8 Å². The molecule has 2 N–H and O–H groups in total. The smallest absolute Gasteiger partial charge is 0.142 e. The van der Waals surface area contributed by atoms with E-state index in [0.717, 1.165) is 0 Å². The molecule has 0 saturated heterocycles. The Balaban J connectivity index is 2.63. The van der Waals surface area contributed by atoms with Gasteiger partial charge in [0.1, 0.15) is 17.6 Å². The average molecular weight is 299 g/mol. The lowest BCUT2D eigenvalue weighted by atomic mass is 10.1. The molecule has 0 radical (unpaired) electrons. The zero-order valence-corrected chi connectivity index (χ0v) is 11.2. The van der Waals surface area contributed by atoms with Crippen molar-refractivity contribution < 1.29 is 0 Å². The van der Waals surface area contributed by atoms with E-state index in [1.165, 1.54) is 0 Å². The average Bonchev–Trinajstić information content (AvgIpc) is 2.34. The Bertz CT molecular complexity index is 662. The second-order valence-electron chi connectivity index (χ2n) is 3.49. The minimum Gasteiger partial charge on any atom is -0.383 e. The molecule has 2 rings (SSSR count). The van der Waals surface area contributed by atoms with E-state index in [1.54, 1.807) is 24.3 Å². The third-order valence-corrected chi connectivity index (χ3v) is 3.37. The van der Waals surface area contributed by atoms with Gasteiger partial charge in [0.05, 0.1) is 15.1 Å². The van der Waals surface area contributed by atoms with Gasteiger partial charge in [-0.2, -0.15) is 5.26 Å². The fourth-order valence-corrected chi connectivity index (χ4v) is 2.14. The molecule has 6 heteroatoms. The predicted octanol–water partition coefficient (Wildman–Crippen LogP) is 4.16. The van der Waals surface area contributed by atoms with E-state index in [4.69, 9.17) is 45.8 Å². The van der Waals surface area contributed by atoms with Crippen LogP contribution in [0.4, 0.5) is 5.82 Å². The van der Waals surface area contributed by atoms with Crippen LogP contribution < -0.4 is 5.73 Å². The SMILES string of the molecule is N#Cc1ccc(-c2cc(Cl)c(Cl)cc2Cl)c(N)n1. The number of nitriles is 1. The predicted molar refractivity (Wildman–Crippen MR) is 73.8 cm³/mol. The fraction of sp³-hybridized carbons (Fsp3) is 0. The minimum atomic E-state index is 0.217. The number of halogens is 3. The summed E-state index contributed by atoms with van der Waals surface area (Å²) in [6.45, 7) is 0. The normalized spacial score (nSPS) is 10.1. The summed E-state index contributed by atoms with van der Waals surface area (Å²) in [6, 6.07) is 8.30. The zero-order chi connectivity index (χ0) is 13.3. The number of anilines is 1. The van der Waals surface area contributed by atoms with Gasteiger partial charge in [-0.25, -0.2) is 4.98 Å². The Morgan fingerprint density at radius 2 is 1.67 bits per heavy atom. The quantitative estimate of drug-likeness (QED) is 0.804. The Kier molecular flexibility index (Phi) is 3.63. The lowest BCUT2D eigenvalue weighted by molar-refractivity contribution is 1.27. The van der Waals surface area contributed by atoms with Crippen LogP contribution in [0.15, 0.2) is 24.3 Å². The first-order chi connectivity index (χ1) is 8.52. The van der Waals surface area contributed by atoms with Crippen molar-refractivity contribution in [3.05, 3.63) is 45.0 Å². The van der Waals surface area contributed by atoms with Crippen LogP contribution in [-0.4, -0.2) is 4.98 Å². The Labute approximate surface area is 119 Å². The molecule has 2 aromatic rings. The first-order valence-electron chi connectivity index (χ1n) is 4.84. The number of rotatable bonds is 1. The number of nitrogens with zero attached hydrogens (tertiary/aromatic N) is 2. The molecule has 0 atom stereocenters. The van der Waals surface area contributed by atoms with Gasteiger partial charge in [0.25, 0.3) is 0 Å². The molecular weight excluding hydrogens is 293 g/mol. The van der Waals surface area contributed by atoms with E-state index in [1.807, 2.05) is 6.07 Å². The summed E-state index contributed by atoms with van der Waals surface area (Å²) in [7, 11) is 0. The van der Waals surface area contributed by atoms with Gasteiger partial charge in [0.2, 0.25) is 0 Å². The van der Waals surface area contributed by atoms with E-state index in [2.05, 4.69) is 4.98 Å². The molecule has 1 heterocycles. The molecule has 1 aromatic heterocycles. The largest absolute Gasteiger partial charge is 0.383 e. The van der Waals surface area contributed by atoms with Gasteiger partial charge in [-0.15, -0.1) is 0 Å². The Morgan fingerprint density at radius 1 is 1.00 bits per heavy atom. The molecule has 0 aliphatic carbocycles. The molecule has 3 nitrogen and oxygen atoms in total. The molecule has 0 fully saturated rings. The number of benzene rings is 1. The topological polar surface area (TPSA) is 62.7 Å². The van der Waals surface area contributed by atoms with E-state index in [0.29, 0.717) is 26.2 Å². The maximum Gasteiger partial charge on any atom is 0.142 e. The fourth-order valence-electron chi connectivity index (χ4n) is 1.49. The maximum absolute atomic E-state index is 8.73. The summed E-state index contributed by atoms with van der Waals surface area (Å²) in [5.41, 5.74) is 7.27. The standard InChI is InChI=1S/C12H6Cl3N3/c13-9-4-11(15)10(14)3-8(9)7-2-1-6(5-16)18-12(7)17/h1-4H,(H2,17,18). The molecule has 0 amide bonds. The van der Waals surface area contributed by atoms with Gasteiger partial charge in [-0.3, -0.25) is 0 Å². The van der Waals surface area contributed by atoms with Crippen LogP contribution in [0.25, 0.3) is 11.1 Å². The van der Waals surface area contributed by atoms with Crippen molar-refractivity contribution in [1.82, 2.24) is 4.98 Å². The van der Waals surface area contributed by atoms with Crippen LogP contribution in [0, 0.1) is 11.3 Å². The van der Waals surface area contributed by atoms with E-state index < -0.39 is 0 Å². The molecule has 0 spiro atoms. The number of pyridine rings is 1. The van der Waals surface area contributed by atoms with Gasteiger partial charge in [0.15, 0.2) is 0 Å². The lowest BCUT2D eigenvalue weighted by Gasteiger charge is -2.09. The summed E-state index contributed by atoms with van der Waals surface area (Å²) in [4.78, 5) is 3.94. The second-order valence-corrected chi connectivity index (χ2v) is 4.71. The van der Waals surface area contributed by atoms with Crippen LogP contribution in [0.3, 0.4) is 0 Å². The molecule has 0 aliphatic rings. The van der Waals surface area contributed by atoms with E-state index in [-0.39, 0.29) is 11.5 Å². The lowest BCUT2D eigenvalue weighted by Crippen LogP contribution is -1.96. The first-order valence-corrected chi connectivity index (χ1v) is 5.98. The van der Waals surface area contributed by atoms with Crippen molar-refractivity contribution in [3.63, 3.8) is 0 Å². The molecule has 18 heavy (non-hydrogen) atoms. The Hall–Kier alpha value is -1.47. The highest BCUT2D eigenvalue weighted by atomic mass is 35.5. The summed E-state index contributed by atoms with van der Waals surface area (Å²) >= 11 is 17.9. The molecular formula is C12H6Cl3N3. The monoisotopic (exact) mass is 297 g/mol. The van der Waals surface area contributed by atoms with Crippen LogP contribution in [0.1, 0.15) is 5.69 Å². The maximum atomic E-state index is 8.73. The number of nitrogen functional groups attached to an aromatic ring is 1. The second kappa shape index (κ2) is 5.03. The van der Waals surface area contributed by atoms with Gasteiger partial charge in [0, 0.05) is 11.1 Å². The highest BCUT2D eigenvalue weighted by Crippen LogP contribution is 2.37. The third-order valence-electron chi connectivity index (χ3n) is 2.34. The Morgan fingerprint density at radius 3 is 2.28 bits per heavy atom. The summed E-state index contributed by atoms with van der Waals surface area (Å²) in [5.74, 6) is 0.217. The molecule has 1 aromatic carbocycles. The molecule has 90 valence electrons. The van der Waals surface area contributed by atoms with Crippen LogP contribution >= 0.6 is 34.8 Å². The van der Waals surface area contributed by atoms with Crippen LogP contribution in [0.5, 0.6) is 0 Å². The minimum absolute atomic E-state index is 0.217. The zero-order valence-electron chi connectivity index (χ0n) is 8.92. The van der Waals surface area contributed by atoms with E-state index >= 15 is 0 Å². The highest BCUT2D eigenvalue weighted by molar-refractivity contribution is 6.44. The van der Waals surface area contributed by atoms with Crippen LogP contribution in [0.2, 0.25) is 15.1 Å². The van der Waals surface area contributed by atoms with Crippen molar-refractivity contribution in [2.24, 2.45) is 0 Å². The van der Waals surface area contributed by atoms with Gasteiger partial charge >= 0.3 is 0 Å². The van der Waals surface area contributed by atoms with Crippen molar-refractivity contribution in [1.29, 1.82) is 5.26 Å². The number of nitrogens with two attached hydrogens (primary N) is 1. The van der Waals surface area contributed by atoms with Crippen molar-refractivity contribution in [3.8, 4) is 17.2 Å². The van der Waals surface area contributed by atoms with Gasteiger partial charge < -0.3 is 5.73 Å². The van der Waals surface area contributed by atoms with Crippen LogP contribution in [-0.2, 0) is 0 Å². The number of hydrogen-bond donors (Lipinski definition) is 1. The summed E-state index contributed by atoms with van der Waals surface area (Å²) < 4.78 is 0. The first kappa shape index (κ1) is 13.0. The highest BCUT2D eigenvalue weighted by Gasteiger charge is 2.12. The molecule has 0 aliphatic heterocycles. The molecule has 0 bridgehead atoms.